The molecule has 4 heteroatoms. The molecule has 2 rings (SSSR count). The molecule has 0 aliphatic carbocycles. The van der Waals surface area contributed by atoms with Crippen molar-refractivity contribution in [2.24, 2.45) is 11.8 Å². The van der Waals surface area contributed by atoms with Crippen molar-refractivity contribution in [2.45, 2.75) is 27.2 Å². The van der Waals surface area contributed by atoms with Gasteiger partial charge in [0, 0.05) is 11.9 Å². The minimum absolute atomic E-state index is 0.360. The van der Waals surface area contributed by atoms with Gasteiger partial charge in [-0.15, -0.1) is 0 Å². The third-order valence-corrected chi connectivity index (χ3v) is 3.54. The molecule has 0 bridgehead atoms. The van der Waals surface area contributed by atoms with E-state index in [0.29, 0.717) is 18.9 Å². The van der Waals surface area contributed by atoms with Crippen molar-refractivity contribution < 1.29 is 9.90 Å². The Morgan fingerprint density at radius 2 is 2.05 bits per heavy atom. The summed E-state index contributed by atoms with van der Waals surface area (Å²) in [5.74, 6) is -0.0189. The zero-order valence-corrected chi connectivity index (χ0v) is 12.8. The number of fused-ring (bicyclic) bond motifs is 1. The molecule has 0 aliphatic rings. The largest absolute Gasteiger partial charge is 0.481 e. The number of nitrogens with one attached hydrogen (secondary N) is 1. The molecule has 1 aromatic carbocycles. The van der Waals surface area contributed by atoms with Gasteiger partial charge in [0.25, 0.3) is 0 Å². The first-order chi connectivity index (χ1) is 9.97. The molecule has 2 N–H and O–H groups in total. The Hall–Kier alpha value is -2.10. The fourth-order valence-electron chi connectivity index (χ4n) is 2.46. The zero-order valence-electron chi connectivity index (χ0n) is 12.8. The molecule has 0 spiro atoms. The van der Waals surface area contributed by atoms with Gasteiger partial charge in [0.2, 0.25) is 0 Å². The molecule has 0 amide bonds. The van der Waals surface area contributed by atoms with Gasteiger partial charge in [0.1, 0.15) is 5.82 Å². The van der Waals surface area contributed by atoms with Crippen LogP contribution in [0.3, 0.4) is 0 Å². The summed E-state index contributed by atoms with van der Waals surface area (Å²) in [5, 5.41) is 13.6. The van der Waals surface area contributed by atoms with Crippen LogP contribution in [-0.4, -0.2) is 22.6 Å². The summed E-state index contributed by atoms with van der Waals surface area (Å²) in [6, 6.07) is 10.00. The van der Waals surface area contributed by atoms with Gasteiger partial charge in [-0.05, 0) is 37.0 Å². The van der Waals surface area contributed by atoms with Crippen molar-refractivity contribution in [3.05, 3.63) is 35.9 Å². The van der Waals surface area contributed by atoms with E-state index in [-0.39, 0.29) is 0 Å². The maximum atomic E-state index is 11.3. The number of carbonyl (C=O) groups is 1. The predicted molar refractivity (Wildman–Crippen MR) is 85.6 cm³/mol. The number of anilines is 1. The van der Waals surface area contributed by atoms with Gasteiger partial charge in [-0.3, -0.25) is 4.79 Å². The smallest absolute Gasteiger partial charge is 0.308 e. The Labute approximate surface area is 125 Å². The number of carboxylic acid groups (broad SMARTS) is 1. The van der Waals surface area contributed by atoms with Crippen molar-refractivity contribution in [3.63, 3.8) is 0 Å². The molecule has 4 nitrogen and oxygen atoms in total. The van der Waals surface area contributed by atoms with Crippen molar-refractivity contribution in [2.75, 3.05) is 11.9 Å². The molecule has 1 unspecified atom stereocenters. The van der Waals surface area contributed by atoms with Crippen molar-refractivity contribution in [3.8, 4) is 0 Å². The normalized spacial score (nSPS) is 12.6. The fourth-order valence-corrected chi connectivity index (χ4v) is 2.46. The molecule has 0 radical (unpaired) electrons. The van der Waals surface area contributed by atoms with Crippen LogP contribution in [0.1, 0.15) is 25.8 Å². The standard InChI is InChI=1S/C17H22N2O2/c1-11(2)8-14(17(20)21)10-18-16-12(3)9-13-6-4-5-7-15(13)19-16/h4-7,9,11,14H,8,10H2,1-3H3,(H,18,19)(H,20,21). The molecular formula is C17H22N2O2. The lowest BCUT2D eigenvalue weighted by Crippen LogP contribution is -2.25. The van der Waals surface area contributed by atoms with Gasteiger partial charge in [-0.2, -0.15) is 0 Å². The monoisotopic (exact) mass is 286 g/mol. The van der Waals surface area contributed by atoms with E-state index in [4.69, 9.17) is 0 Å². The highest BCUT2D eigenvalue weighted by atomic mass is 16.4. The van der Waals surface area contributed by atoms with E-state index in [2.05, 4.69) is 16.4 Å². The van der Waals surface area contributed by atoms with E-state index in [1.54, 1.807) is 0 Å². The Balaban J connectivity index is 2.15. The summed E-state index contributed by atoms with van der Waals surface area (Å²) < 4.78 is 0. The van der Waals surface area contributed by atoms with Gasteiger partial charge in [-0.25, -0.2) is 4.98 Å². The fraction of sp³-hybridized carbons (Fsp3) is 0.412. The molecule has 0 fully saturated rings. The second-order valence-corrected chi connectivity index (χ2v) is 5.89. The van der Waals surface area contributed by atoms with E-state index in [1.165, 1.54) is 0 Å². The van der Waals surface area contributed by atoms with E-state index in [9.17, 15) is 9.90 Å². The number of pyridine rings is 1. The highest BCUT2D eigenvalue weighted by Crippen LogP contribution is 2.20. The first kappa shape index (κ1) is 15.3. The zero-order chi connectivity index (χ0) is 15.4. The summed E-state index contributed by atoms with van der Waals surface area (Å²) in [5.41, 5.74) is 1.95. The number of benzene rings is 1. The highest BCUT2D eigenvalue weighted by Gasteiger charge is 2.19. The van der Waals surface area contributed by atoms with Crippen molar-refractivity contribution in [1.82, 2.24) is 4.98 Å². The SMILES string of the molecule is Cc1cc2ccccc2nc1NCC(CC(C)C)C(=O)O. The van der Waals surface area contributed by atoms with Crippen molar-refractivity contribution >= 4 is 22.7 Å². The van der Waals surface area contributed by atoms with Gasteiger partial charge in [-0.1, -0.05) is 32.0 Å². The molecule has 1 heterocycles. The third kappa shape index (κ3) is 3.94. The van der Waals surface area contributed by atoms with Crippen LogP contribution < -0.4 is 5.32 Å². The summed E-state index contributed by atoms with van der Waals surface area (Å²) in [4.78, 5) is 15.9. The molecule has 21 heavy (non-hydrogen) atoms. The number of para-hydroxylation sites is 1. The van der Waals surface area contributed by atoms with Crippen LogP contribution in [0, 0.1) is 18.8 Å². The lowest BCUT2D eigenvalue weighted by atomic mass is 9.97. The van der Waals surface area contributed by atoms with Gasteiger partial charge < -0.3 is 10.4 Å². The second kappa shape index (κ2) is 6.57. The molecule has 0 aliphatic heterocycles. The van der Waals surface area contributed by atoms with E-state index < -0.39 is 11.9 Å². The Bertz CT molecular complexity index is 638. The molecule has 1 aromatic heterocycles. The quantitative estimate of drug-likeness (QED) is 0.850. The average Bonchev–Trinajstić information content (AvgIpc) is 2.42. The summed E-state index contributed by atoms with van der Waals surface area (Å²) in [6.07, 6.45) is 0.662. The predicted octanol–water partition coefficient (Wildman–Crippen LogP) is 3.70. The number of carboxylic acids is 1. The van der Waals surface area contributed by atoms with Crippen LogP contribution in [0.25, 0.3) is 10.9 Å². The topological polar surface area (TPSA) is 62.2 Å². The molecule has 0 saturated heterocycles. The first-order valence-corrected chi connectivity index (χ1v) is 7.30. The maximum absolute atomic E-state index is 11.3. The minimum Gasteiger partial charge on any atom is -0.481 e. The van der Waals surface area contributed by atoms with Crippen LogP contribution >= 0.6 is 0 Å². The number of rotatable bonds is 6. The molecular weight excluding hydrogens is 264 g/mol. The Kier molecular flexibility index (Phi) is 4.78. The second-order valence-electron chi connectivity index (χ2n) is 5.89. The first-order valence-electron chi connectivity index (χ1n) is 7.30. The lowest BCUT2D eigenvalue weighted by molar-refractivity contribution is -0.141. The van der Waals surface area contributed by atoms with Crippen LogP contribution in [0.2, 0.25) is 0 Å². The van der Waals surface area contributed by atoms with Crippen LogP contribution in [0.4, 0.5) is 5.82 Å². The highest BCUT2D eigenvalue weighted by molar-refractivity contribution is 5.81. The summed E-state index contributed by atoms with van der Waals surface area (Å²) in [6.45, 7) is 6.46. The number of hydrogen-bond donors (Lipinski definition) is 2. The van der Waals surface area contributed by atoms with Crippen LogP contribution in [-0.2, 0) is 4.79 Å². The third-order valence-electron chi connectivity index (χ3n) is 3.54. The molecule has 1 atom stereocenters. The van der Waals surface area contributed by atoms with Gasteiger partial charge in [0.15, 0.2) is 0 Å². The molecule has 112 valence electrons. The summed E-state index contributed by atoms with van der Waals surface area (Å²) >= 11 is 0. The van der Waals surface area contributed by atoms with E-state index in [0.717, 1.165) is 22.3 Å². The van der Waals surface area contributed by atoms with Crippen molar-refractivity contribution in [1.29, 1.82) is 0 Å². The maximum Gasteiger partial charge on any atom is 0.308 e. The average molecular weight is 286 g/mol. The number of aryl methyl sites for hydroxylation is 1. The molecule has 2 aromatic rings. The van der Waals surface area contributed by atoms with Crippen LogP contribution in [0.15, 0.2) is 30.3 Å². The molecule has 0 saturated carbocycles. The van der Waals surface area contributed by atoms with E-state index >= 15 is 0 Å². The Morgan fingerprint density at radius 1 is 1.33 bits per heavy atom. The number of hydrogen-bond acceptors (Lipinski definition) is 3. The Morgan fingerprint density at radius 3 is 2.71 bits per heavy atom. The van der Waals surface area contributed by atoms with Gasteiger partial charge >= 0.3 is 5.97 Å². The number of aliphatic carboxylic acids is 1. The van der Waals surface area contributed by atoms with Gasteiger partial charge in [0.05, 0.1) is 11.4 Å². The summed E-state index contributed by atoms with van der Waals surface area (Å²) in [7, 11) is 0. The minimum atomic E-state index is -0.755. The number of aromatic nitrogens is 1. The number of nitrogens with zero attached hydrogens (tertiary/aromatic N) is 1. The lowest BCUT2D eigenvalue weighted by Gasteiger charge is -2.17. The van der Waals surface area contributed by atoms with E-state index in [1.807, 2.05) is 45.0 Å². The van der Waals surface area contributed by atoms with Crippen LogP contribution in [0.5, 0.6) is 0 Å².